The van der Waals surface area contributed by atoms with E-state index in [-0.39, 0.29) is 10.8 Å². The van der Waals surface area contributed by atoms with Gasteiger partial charge in [0.2, 0.25) is 10.0 Å². The summed E-state index contributed by atoms with van der Waals surface area (Å²) in [4.78, 5) is 15.4. The second kappa shape index (κ2) is 5.49. The maximum absolute atomic E-state index is 12.3. The van der Waals surface area contributed by atoms with Gasteiger partial charge in [0.05, 0.1) is 0 Å². The quantitative estimate of drug-likeness (QED) is 0.875. The van der Waals surface area contributed by atoms with Gasteiger partial charge in [0.1, 0.15) is 10.4 Å². The smallest absolute Gasteiger partial charge is 0.325 e. The van der Waals surface area contributed by atoms with E-state index < -0.39 is 21.5 Å². The van der Waals surface area contributed by atoms with Crippen LogP contribution < -0.4 is 4.72 Å². The average Bonchev–Trinajstić information content (AvgIpc) is 2.42. The monoisotopic (exact) mass is 298 g/mol. The Labute approximate surface area is 118 Å². The minimum Gasteiger partial charge on any atom is -0.480 e. The largest absolute Gasteiger partial charge is 0.480 e. The molecule has 1 aliphatic carbocycles. The van der Waals surface area contributed by atoms with Crippen LogP contribution in [-0.2, 0) is 14.8 Å². The number of carbonyl (C=O) groups is 1. The number of carboxylic acids is 1. The molecule has 1 aromatic rings. The molecule has 0 spiro atoms. The Morgan fingerprint density at radius 3 is 2.80 bits per heavy atom. The SMILES string of the molecule is CC1CCCCC1(NS(=O)(=O)c1cccnc1)C(=O)O. The maximum atomic E-state index is 12.3. The zero-order chi connectivity index (χ0) is 14.8. The minimum atomic E-state index is -3.89. The fraction of sp³-hybridized carbons (Fsp3) is 0.538. The van der Waals surface area contributed by atoms with Crippen LogP contribution in [0.2, 0.25) is 0 Å². The number of rotatable bonds is 4. The highest BCUT2D eigenvalue weighted by atomic mass is 32.2. The van der Waals surface area contributed by atoms with Crippen molar-refractivity contribution in [2.45, 2.75) is 43.0 Å². The molecule has 2 unspecified atom stereocenters. The lowest BCUT2D eigenvalue weighted by molar-refractivity contribution is -0.147. The molecular weight excluding hydrogens is 280 g/mol. The van der Waals surface area contributed by atoms with E-state index in [1.807, 2.05) is 0 Å². The van der Waals surface area contributed by atoms with Crippen LogP contribution in [-0.4, -0.2) is 30.0 Å². The van der Waals surface area contributed by atoms with Gasteiger partial charge in [0.15, 0.2) is 0 Å². The molecule has 0 saturated heterocycles. The maximum Gasteiger partial charge on any atom is 0.325 e. The Morgan fingerprint density at radius 1 is 1.50 bits per heavy atom. The van der Waals surface area contributed by atoms with Crippen molar-refractivity contribution in [3.8, 4) is 0 Å². The molecule has 0 aromatic carbocycles. The van der Waals surface area contributed by atoms with Crippen molar-refractivity contribution in [3.63, 3.8) is 0 Å². The molecule has 0 radical (unpaired) electrons. The summed E-state index contributed by atoms with van der Waals surface area (Å²) in [5.74, 6) is -1.36. The van der Waals surface area contributed by atoms with Gasteiger partial charge in [-0.15, -0.1) is 0 Å². The molecule has 110 valence electrons. The van der Waals surface area contributed by atoms with E-state index in [0.29, 0.717) is 19.3 Å². The summed E-state index contributed by atoms with van der Waals surface area (Å²) in [5, 5.41) is 9.53. The molecule has 2 atom stereocenters. The van der Waals surface area contributed by atoms with Crippen molar-refractivity contribution in [1.82, 2.24) is 9.71 Å². The van der Waals surface area contributed by atoms with Gasteiger partial charge >= 0.3 is 5.97 Å². The number of aromatic nitrogens is 1. The van der Waals surface area contributed by atoms with Crippen LogP contribution in [0.15, 0.2) is 29.4 Å². The van der Waals surface area contributed by atoms with Crippen molar-refractivity contribution in [3.05, 3.63) is 24.5 Å². The first kappa shape index (κ1) is 14.9. The fourth-order valence-corrected chi connectivity index (χ4v) is 4.11. The Bertz CT molecular complexity index is 588. The lowest BCUT2D eigenvalue weighted by atomic mass is 9.74. The Balaban J connectivity index is 2.36. The second-order valence-electron chi connectivity index (χ2n) is 5.22. The van der Waals surface area contributed by atoms with Crippen LogP contribution in [0.3, 0.4) is 0 Å². The third-order valence-electron chi connectivity index (χ3n) is 3.94. The molecular formula is C13H18N2O4S. The number of nitrogens with zero attached hydrogens (tertiary/aromatic N) is 1. The molecule has 0 amide bonds. The lowest BCUT2D eigenvalue weighted by Crippen LogP contribution is -2.59. The predicted molar refractivity (Wildman–Crippen MR) is 72.6 cm³/mol. The van der Waals surface area contributed by atoms with E-state index in [0.717, 1.165) is 6.42 Å². The molecule has 1 aromatic heterocycles. The predicted octanol–water partition coefficient (Wildman–Crippen LogP) is 1.39. The summed E-state index contributed by atoms with van der Waals surface area (Å²) in [6, 6.07) is 2.91. The van der Waals surface area contributed by atoms with Gasteiger partial charge in [0.25, 0.3) is 0 Å². The zero-order valence-electron chi connectivity index (χ0n) is 11.2. The summed E-state index contributed by atoms with van der Waals surface area (Å²) in [6.45, 7) is 1.78. The van der Waals surface area contributed by atoms with Gasteiger partial charge in [-0.2, -0.15) is 4.72 Å². The van der Waals surface area contributed by atoms with Crippen LogP contribution in [0.1, 0.15) is 32.6 Å². The van der Waals surface area contributed by atoms with E-state index in [4.69, 9.17) is 0 Å². The van der Waals surface area contributed by atoms with Gasteiger partial charge in [-0.3, -0.25) is 9.78 Å². The van der Waals surface area contributed by atoms with Crippen molar-refractivity contribution < 1.29 is 18.3 Å². The number of nitrogens with one attached hydrogen (secondary N) is 1. The lowest BCUT2D eigenvalue weighted by Gasteiger charge is -2.39. The van der Waals surface area contributed by atoms with E-state index >= 15 is 0 Å². The first-order valence-electron chi connectivity index (χ1n) is 6.56. The average molecular weight is 298 g/mol. The second-order valence-corrected chi connectivity index (χ2v) is 6.90. The third-order valence-corrected chi connectivity index (χ3v) is 5.44. The summed E-state index contributed by atoms with van der Waals surface area (Å²) >= 11 is 0. The molecule has 1 fully saturated rings. The minimum absolute atomic E-state index is 0.0154. The molecule has 0 aliphatic heterocycles. The van der Waals surface area contributed by atoms with Crippen molar-refractivity contribution in [2.75, 3.05) is 0 Å². The molecule has 2 rings (SSSR count). The molecule has 0 bridgehead atoms. The van der Waals surface area contributed by atoms with Crippen molar-refractivity contribution in [2.24, 2.45) is 5.92 Å². The number of carboxylic acid groups (broad SMARTS) is 1. The van der Waals surface area contributed by atoms with Crippen molar-refractivity contribution >= 4 is 16.0 Å². The standard InChI is InChI=1S/C13H18N2O4S/c1-10-5-2-3-7-13(10,12(16)17)15-20(18,19)11-6-4-8-14-9-11/h4,6,8-10,15H,2-3,5,7H2,1H3,(H,16,17). The van der Waals surface area contributed by atoms with Crippen LogP contribution in [0.5, 0.6) is 0 Å². The van der Waals surface area contributed by atoms with Crippen LogP contribution in [0.25, 0.3) is 0 Å². The highest BCUT2D eigenvalue weighted by Crippen LogP contribution is 2.35. The van der Waals surface area contributed by atoms with E-state index in [1.165, 1.54) is 24.5 Å². The molecule has 1 saturated carbocycles. The number of sulfonamides is 1. The molecule has 7 heteroatoms. The topological polar surface area (TPSA) is 96.4 Å². The summed E-state index contributed by atoms with van der Waals surface area (Å²) in [6.07, 6.45) is 5.31. The molecule has 6 nitrogen and oxygen atoms in total. The van der Waals surface area contributed by atoms with Gasteiger partial charge in [0, 0.05) is 12.4 Å². The first-order valence-corrected chi connectivity index (χ1v) is 8.04. The number of aliphatic carboxylic acids is 1. The van der Waals surface area contributed by atoms with Crippen molar-refractivity contribution in [1.29, 1.82) is 0 Å². The van der Waals surface area contributed by atoms with Crippen LogP contribution >= 0.6 is 0 Å². The molecule has 1 heterocycles. The van der Waals surface area contributed by atoms with Crippen LogP contribution in [0, 0.1) is 5.92 Å². The van der Waals surface area contributed by atoms with E-state index in [2.05, 4.69) is 9.71 Å². The summed E-state index contributed by atoms with van der Waals surface area (Å²) in [5.41, 5.74) is -1.42. The third kappa shape index (κ3) is 2.69. The zero-order valence-corrected chi connectivity index (χ0v) is 12.1. The Hall–Kier alpha value is -1.47. The molecule has 1 aliphatic rings. The first-order chi connectivity index (χ1) is 9.38. The van der Waals surface area contributed by atoms with E-state index in [1.54, 1.807) is 6.92 Å². The highest BCUT2D eigenvalue weighted by molar-refractivity contribution is 7.89. The van der Waals surface area contributed by atoms with Gasteiger partial charge in [-0.1, -0.05) is 19.8 Å². The van der Waals surface area contributed by atoms with Crippen LogP contribution in [0.4, 0.5) is 0 Å². The summed E-state index contributed by atoms with van der Waals surface area (Å²) in [7, 11) is -3.89. The number of pyridine rings is 1. The Kier molecular flexibility index (Phi) is 4.10. The van der Waals surface area contributed by atoms with E-state index in [9.17, 15) is 18.3 Å². The summed E-state index contributed by atoms with van der Waals surface area (Å²) < 4.78 is 27.1. The number of hydrogen-bond donors (Lipinski definition) is 2. The number of hydrogen-bond acceptors (Lipinski definition) is 4. The highest BCUT2D eigenvalue weighted by Gasteiger charge is 2.48. The normalized spacial score (nSPS) is 27.1. The molecule has 20 heavy (non-hydrogen) atoms. The van der Waals surface area contributed by atoms with Gasteiger partial charge in [-0.05, 0) is 30.9 Å². The fourth-order valence-electron chi connectivity index (χ4n) is 2.66. The molecule has 2 N–H and O–H groups in total. The van der Waals surface area contributed by atoms with Gasteiger partial charge < -0.3 is 5.11 Å². The Morgan fingerprint density at radius 2 is 2.25 bits per heavy atom. The van der Waals surface area contributed by atoms with Gasteiger partial charge in [-0.25, -0.2) is 8.42 Å².